The third-order valence-corrected chi connectivity index (χ3v) is 5.14. The van der Waals surface area contributed by atoms with Crippen LogP contribution in [0.1, 0.15) is 50.5 Å². The first kappa shape index (κ1) is 14.6. The van der Waals surface area contributed by atoms with Crippen LogP contribution in [0.25, 0.3) is 0 Å². The normalized spacial score (nSPS) is 27.6. The highest BCUT2D eigenvalue weighted by atomic mass is 16.2. The Bertz CT molecular complexity index is 471. The number of carbonyl (C=O) groups excluding carboxylic acids is 1. The van der Waals surface area contributed by atoms with Crippen molar-refractivity contribution in [1.82, 2.24) is 10.2 Å². The van der Waals surface area contributed by atoms with Gasteiger partial charge in [0, 0.05) is 13.1 Å². The minimum atomic E-state index is -0.322. The van der Waals surface area contributed by atoms with Crippen molar-refractivity contribution < 1.29 is 4.79 Å². The van der Waals surface area contributed by atoms with Gasteiger partial charge in [-0.05, 0) is 57.1 Å². The molecular weight excluding hydrogens is 260 g/mol. The fraction of sp³-hybridized carbons (Fsp3) is 0.611. The summed E-state index contributed by atoms with van der Waals surface area (Å²) in [5.41, 5.74) is 1.10. The summed E-state index contributed by atoms with van der Waals surface area (Å²) < 4.78 is 0. The second-order valence-electron chi connectivity index (χ2n) is 6.69. The molecule has 2 aliphatic rings. The van der Waals surface area contributed by atoms with Crippen LogP contribution >= 0.6 is 0 Å². The van der Waals surface area contributed by atoms with Gasteiger partial charge in [-0.25, -0.2) is 0 Å². The summed E-state index contributed by atoms with van der Waals surface area (Å²) in [5.74, 6) is 0.927. The summed E-state index contributed by atoms with van der Waals surface area (Å²) in [7, 11) is 0. The maximum atomic E-state index is 12.8. The van der Waals surface area contributed by atoms with Crippen LogP contribution in [0.3, 0.4) is 0 Å². The largest absolute Gasteiger partial charge is 0.341 e. The number of nitrogens with zero attached hydrogens (tertiary/aromatic N) is 1. The topological polar surface area (TPSA) is 32.3 Å². The molecule has 0 bridgehead atoms. The molecule has 1 unspecified atom stereocenters. The van der Waals surface area contributed by atoms with Crippen LogP contribution in [0.15, 0.2) is 30.3 Å². The Morgan fingerprint density at radius 1 is 1.19 bits per heavy atom. The van der Waals surface area contributed by atoms with Crippen molar-refractivity contribution in [2.45, 2.75) is 50.5 Å². The molecule has 2 saturated heterocycles. The number of piperidine rings is 2. The zero-order chi connectivity index (χ0) is 14.7. The SMILES string of the molecule is CC1(C(=O)N2CCC(c3ccccc3)CC2)CCCCN1. The lowest BCUT2D eigenvalue weighted by Crippen LogP contribution is -2.59. The van der Waals surface area contributed by atoms with Gasteiger partial charge in [-0.2, -0.15) is 0 Å². The molecule has 1 amide bonds. The van der Waals surface area contributed by atoms with Crippen molar-refractivity contribution in [3.8, 4) is 0 Å². The van der Waals surface area contributed by atoms with Crippen molar-refractivity contribution in [2.75, 3.05) is 19.6 Å². The van der Waals surface area contributed by atoms with Crippen LogP contribution < -0.4 is 5.32 Å². The second kappa shape index (κ2) is 6.18. The molecule has 114 valence electrons. The van der Waals surface area contributed by atoms with E-state index in [0.717, 1.165) is 45.3 Å². The van der Waals surface area contributed by atoms with Crippen LogP contribution in [-0.4, -0.2) is 36.0 Å². The van der Waals surface area contributed by atoms with Crippen LogP contribution in [0.5, 0.6) is 0 Å². The summed E-state index contributed by atoms with van der Waals surface area (Å²) in [6, 6.07) is 10.7. The smallest absolute Gasteiger partial charge is 0.242 e. The highest BCUT2D eigenvalue weighted by Crippen LogP contribution is 2.30. The van der Waals surface area contributed by atoms with Gasteiger partial charge in [0.25, 0.3) is 0 Å². The highest BCUT2D eigenvalue weighted by molar-refractivity contribution is 5.86. The van der Waals surface area contributed by atoms with E-state index >= 15 is 0 Å². The summed E-state index contributed by atoms with van der Waals surface area (Å²) in [6.45, 7) is 4.85. The number of nitrogens with one attached hydrogen (secondary N) is 1. The molecule has 0 saturated carbocycles. The molecule has 1 N–H and O–H groups in total. The highest BCUT2D eigenvalue weighted by Gasteiger charge is 2.38. The number of benzene rings is 1. The van der Waals surface area contributed by atoms with Crippen molar-refractivity contribution in [3.63, 3.8) is 0 Å². The Labute approximate surface area is 127 Å². The summed E-state index contributed by atoms with van der Waals surface area (Å²) in [6.07, 6.45) is 5.51. The molecule has 2 fully saturated rings. The van der Waals surface area contributed by atoms with E-state index in [4.69, 9.17) is 0 Å². The first-order chi connectivity index (χ1) is 10.2. The molecule has 3 rings (SSSR count). The summed E-state index contributed by atoms with van der Waals surface area (Å²) >= 11 is 0. The maximum absolute atomic E-state index is 12.8. The summed E-state index contributed by atoms with van der Waals surface area (Å²) in [4.78, 5) is 14.9. The minimum absolute atomic E-state index is 0.314. The average molecular weight is 286 g/mol. The fourth-order valence-corrected chi connectivity index (χ4v) is 3.73. The van der Waals surface area contributed by atoms with Crippen LogP contribution in [0, 0.1) is 0 Å². The average Bonchev–Trinajstić information content (AvgIpc) is 2.56. The molecule has 0 radical (unpaired) electrons. The van der Waals surface area contributed by atoms with Crippen molar-refractivity contribution in [3.05, 3.63) is 35.9 Å². The maximum Gasteiger partial charge on any atom is 0.242 e. The van der Waals surface area contributed by atoms with E-state index in [1.807, 2.05) is 0 Å². The first-order valence-electron chi connectivity index (χ1n) is 8.28. The molecule has 1 aromatic rings. The Hall–Kier alpha value is -1.35. The summed E-state index contributed by atoms with van der Waals surface area (Å²) in [5, 5.41) is 3.44. The van der Waals surface area contributed by atoms with Crippen LogP contribution in [0.2, 0.25) is 0 Å². The van der Waals surface area contributed by atoms with Gasteiger partial charge in [-0.3, -0.25) is 4.79 Å². The first-order valence-corrected chi connectivity index (χ1v) is 8.28. The Morgan fingerprint density at radius 3 is 2.52 bits per heavy atom. The number of rotatable bonds is 2. The standard InChI is InChI=1S/C18H26N2O/c1-18(11-5-6-12-19-18)17(21)20-13-9-16(10-14-20)15-7-3-2-4-8-15/h2-4,7-8,16,19H,5-6,9-14H2,1H3. The van der Waals surface area contributed by atoms with Crippen molar-refractivity contribution >= 4 is 5.91 Å². The minimum Gasteiger partial charge on any atom is -0.341 e. The zero-order valence-corrected chi connectivity index (χ0v) is 13.0. The molecule has 1 atom stereocenters. The molecule has 2 heterocycles. The van der Waals surface area contributed by atoms with Gasteiger partial charge in [0.2, 0.25) is 5.91 Å². The van der Waals surface area contributed by atoms with E-state index in [0.29, 0.717) is 11.8 Å². The predicted molar refractivity (Wildman–Crippen MR) is 85.3 cm³/mol. The van der Waals surface area contributed by atoms with Crippen LogP contribution in [-0.2, 0) is 4.79 Å². The predicted octanol–water partition coefficient (Wildman–Crippen LogP) is 2.92. The molecule has 0 spiro atoms. The van der Waals surface area contributed by atoms with E-state index in [2.05, 4.69) is 47.5 Å². The van der Waals surface area contributed by atoms with E-state index in [1.165, 1.54) is 12.0 Å². The van der Waals surface area contributed by atoms with E-state index in [-0.39, 0.29) is 5.54 Å². The quantitative estimate of drug-likeness (QED) is 0.906. The van der Waals surface area contributed by atoms with Crippen molar-refractivity contribution in [1.29, 1.82) is 0 Å². The van der Waals surface area contributed by atoms with Gasteiger partial charge in [0.1, 0.15) is 0 Å². The van der Waals surface area contributed by atoms with Gasteiger partial charge in [-0.15, -0.1) is 0 Å². The Morgan fingerprint density at radius 2 is 1.90 bits per heavy atom. The zero-order valence-electron chi connectivity index (χ0n) is 13.0. The van der Waals surface area contributed by atoms with Gasteiger partial charge in [-0.1, -0.05) is 30.3 Å². The van der Waals surface area contributed by atoms with Crippen LogP contribution in [0.4, 0.5) is 0 Å². The molecule has 0 aromatic heterocycles. The van der Waals surface area contributed by atoms with E-state index < -0.39 is 0 Å². The monoisotopic (exact) mass is 286 g/mol. The number of hydrogen-bond donors (Lipinski definition) is 1. The molecule has 0 aliphatic carbocycles. The lowest BCUT2D eigenvalue weighted by atomic mass is 9.86. The van der Waals surface area contributed by atoms with E-state index in [1.54, 1.807) is 0 Å². The van der Waals surface area contributed by atoms with Gasteiger partial charge >= 0.3 is 0 Å². The number of likely N-dealkylation sites (tertiary alicyclic amines) is 1. The lowest BCUT2D eigenvalue weighted by molar-refractivity contribution is -0.139. The molecule has 2 aliphatic heterocycles. The molecule has 3 nitrogen and oxygen atoms in total. The van der Waals surface area contributed by atoms with Gasteiger partial charge in [0.15, 0.2) is 0 Å². The third kappa shape index (κ3) is 3.13. The fourth-order valence-electron chi connectivity index (χ4n) is 3.73. The lowest BCUT2D eigenvalue weighted by Gasteiger charge is -2.40. The molecule has 21 heavy (non-hydrogen) atoms. The molecule has 3 heteroatoms. The Balaban J connectivity index is 1.59. The number of carbonyl (C=O) groups is 1. The molecule has 1 aromatic carbocycles. The van der Waals surface area contributed by atoms with Gasteiger partial charge in [0.05, 0.1) is 5.54 Å². The molecular formula is C18H26N2O. The van der Waals surface area contributed by atoms with Gasteiger partial charge < -0.3 is 10.2 Å². The third-order valence-electron chi connectivity index (χ3n) is 5.14. The van der Waals surface area contributed by atoms with E-state index in [9.17, 15) is 4.79 Å². The number of hydrogen-bond acceptors (Lipinski definition) is 2. The second-order valence-corrected chi connectivity index (χ2v) is 6.69. The number of amides is 1. The van der Waals surface area contributed by atoms with Crippen molar-refractivity contribution in [2.24, 2.45) is 0 Å². The Kier molecular flexibility index (Phi) is 4.29.